The van der Waals surface area contributed by atoms with E-state index in [0.717, 1.165) is 27.3 Å². The van der Waals surface area contributed by atoms with Crippen molar-refractivity contribution in [3.63, 3.8) is 0 Å². The molecule has 0 amide bonds. The van der Waals surface area contributed by atoms with Crippen molar-refractivity contribution in [2.24, 2.45) is 4.99 Å². The molecular weight excluding hydrogens is 300 g/mol. The van der Waals surface area contributed by atoms with Gasteiger partial charge in [-0.15, -0.1) is 0 Å². The van der Waals surface area contributed by atoms with Crippen LogP contribution in [0.5, 0.6) is 0 Å². The van der Waals surface area contributed by atoms with Crippen LogP contribution in [-0.4, -0.2) is 17.7 Å². The van der Waals surface area contributed by atoms with Gasteiger partial charge < -0.3 is 4.90 Å². The first-order valence-electron chi connectivity index (χ1n) is 6.13. The van der Waals surface area contributed by atoms with E-state index in [9.17, 15) is 0 Å². The zero-order valence-corrected chi connectivity index (χ0v) is 13.0. The predicted molar refractivity (Wildman–Crippen MR) is 85.4 cm³/mol. The summed E-state index contributed by atoms with van der Waals surface area (Å²) in [6.07, 6.45) is 3.87. The first-order chi connectivity index (χ1) is 9.04. The molecule has 2 rings (SSSR count). The number of hydrogen-bond acceptors (Lipinski definition) is 2. The molecule has 3 heteroatoms. The highest BCUT2D eigenvalue weighted by Crippen LogP contribution is 2.26. The van der Waals surface area contributed by atoms with Crippen molar-refractivity contribution >= 4 is 21.6 Å². The molecule has 0 atom stereocenters. The maximum Gasteiger partial charge on any atom is 0.147 e. The molecule has 98 valence electrons. The van der Waals surface area contributed by atoms with Gasteiger partial charge in [0.25, 0.3) is 0 Å². The van der Waals surface area contributed by atoms with Crippen LogP contribution < -0.4 is 0 Å². The van der Waals surface area contributed by atoms with Gasteiger partial charge in [-0.25, -0.2) is 4.99 Å². The first-order valence-corrected chi connectivity index (χ1v) is 6.93. The summed E-state index contributed by atoms with van der Waals surface area (Å²) in [6.45, 7) is 7.97. The third-order valence-corrected chi connectivity index (χ3v) is 3.91. The molecule has 0 bridgehead atoms. The molecular formula is C16H17BrN2. The lowest BCUT2D eigenvalue weighted by atomic mass is 10.0. The topological polar surface area (TPSA) is 15.6 Å². The van der Waals surface area contributed by atoms with Gasteiger partial charge in [-0.1, -0.05) is 36.9 Å². The van der Waals surface area contributed by atoms with E-state index in [1.54, 1.807) is 6.08 Å². The van der Waals surface area contributed by atoms with Gasteiger partial charge >= 0.3 is 0 Å². The van der Waals surface area contributed by atoms with Crippen LogP contribution in [0.2, 0.25) is 0 Å². The number of benzene rings is 1. The van der Waals surface area contributed by atoms with Gasteiger partial charge in [0, 0.05) is 18.3 Å². The van der Waals surface area contributed by atoms with E-state index in [0.29, 0.717) is 0 Å². The van der Waals surface area contributed by atoms with Gasteiger partial charge in [-0.05, 0) is 41.4 Å². The third kappa shape index (κ3) is 2.71. The van der Waals surface area contributed by atoms with Crippen molar-refractivity contribution in [1.29, 1.82) is 0 Å². The Kier molecular flexibility index (Phi) is 4.05. The highest BCUT2D eigenvalue weighted by molar-refractivity contribution is 9.11. The normalized spacial score (nSPS) is 17.8. The number of halogens is 1. The lowest BCUT2D eigenvalue weighted by Gasteiger charge is -2.26. The fourth-order valence-electron chi connectivity index (χ4n) is 1.99. The number of aryl methyl sites for hydroxylation is 1. The molecule has 0 saturated carbocycles. The summed E-state index contributed by atoms with van der Waals surface area (Å²) in [6, 6.07) is 8.29. The molecule has 1 aromatic rings. The van der Waals surface area contributed by atoms with Crippen LogP contribution >= 0.6 is 15.9 Å². The Labute approximate surface area is 123 Å². The maximum absolute atomic E-state index is 4.74. The summed E-state index contributed by atoms with van der Waals surface area (Å²) < 4.78 is 0.897. The molecule has 0 N–H and O–H groups in total. The van der Waals surface area contributed by atoms with Crippen LogP contribution in [0.25, 0.3) is 0 Å². The number of aliphatic imine (C=N–C) groups is 1. The van der Waals surface area contributed by atoms with Gasteiger partial charge in [0.05, 0.1) is 10.2 Å². The van der Waals surface area contributed by atoms with Crippen molar-refractivity contribution in [3.05, 3.63) is 70.1 Å². The summed E-state index contributed by atoms with van der Waals surface area (Å²) >= 11 is 3.51. The molecule has 1 heterocycles. The van der Waals surface area contributed by atoms with Crippen LogP contribution in [0.3, 0.4) is 0 Å². The van der Waals surface area contributed by atoms with E-state index in [4.69, 9.17) is 4.99 Å². The second-order valence-corrected chi connectivity index (χ2v) is 5.39. The summed E-state index contributed by atoms with van der Waals surface area (Å²) in [4.78, 5) is 6.79. The maximum atomic E-state index is 4.74. The second-order valence-electron chi connectivity index (χ2n) is 4.53. The van der Waals surface area contributed by atoms with Crippen molar-refractivity contribution in [1.82, 2.24) is 4.90 Å². The zero-order chi connectivity index (χ0) is 14.0. The highest BCUT2D eigenvalue weighted by atomic mass is 79.9. The van der Waals surface area contributed by atoms with Gasteiger partial charge in [-0.3, -0.25) is 0 Å². The number of rotatable bonds is 2. The van der Waals surface area contributed by atoms with Crippen LogP contribution in [0.4, 0.5) is 0 Å². The molecule has 0 spiro atoms. The second kappa shape index (κ2) is 5.57. The Morgan fingerprint density at radius 2 is 2.00 bits per heavy atom. The summed E-state index contributed by atoms with van der Waals surface area (Å²) in [7, 11) is 2.00. The standard InChI is InChI=1S/C16H17BrN2/c1-5-14(17)16-18-15(10-12(3)19(16)4)13-9-7-6-8-11(13)2/h5-10H,1H2,2-4H3/b16-14+. The predicted octanol–water partition coefficient (Wildman–Crippen LogP) is 4.38. The van der Waals surface area contributed by atoms with Gasteiger partial charge in [-0.2, -0.15) is 0 Å². The Morgan fingerprint density at radius 1 is 1.32 bits per heavy atom. The Morgan fingerprint density at radius 3 is 2.63 bits per heavy atom. The molecule has 0 aromatic heterocycles. The quantitative estimate of drug-likeness (QED) is 0.790. The van der Waals surface area contributed by atoms with Gasteiger partial charge in [0.2, 0.25) is 0 Å². The fraction of sp³-hybridized carbons (Fsp3) is 0.188. The number of nitrogens with zero attached hydrogens (tertiary/aromatic N) is 2. The fourth-order valence-corrected chi connectivity index (χ4v) is 2.34. The largest absolute Gasteiger partial charge is 0.332 e. The molecule has 0 saturated heterocycles. The van der Waals surface area contributed by atoms with Crippen LogP contribution in [0.1, 0.15) is 18.1 Å². The third-order valence-electron chi connectivity index (χ3n) is 3.23. The monoisotopic (exact) mass is 316 g/mol. The van der Waals surface area contributed by atoms with E-state index < -0.39 is 0 Å². The average molecular weight is 317 g/mol. The van der Waals surface area contributed by atoms with Gasteiger partial charge in [0.15, 0.2) is 0 Å². The average Bonchev–Trinajstić information content (AvgIpc) is 2.41. The summed E-state index contributed by atoms with van der Waals surface area (Å²) in [5.41, 5.74) is 4.53. The van der Waals surface area contributed by atoms with Gasteiger partial charge in [0.1, 0.15) is 5.82 Å². The lowest BCUT2D eigenvalue weighted by Crippen LogP contribution is -2.21. The molecule has 19 heavy (non-hydrogen) atoms. The molecule has 0 unspecified atom stereocenters. The number of hydrogen-bond donors (Lipinski definition) is 0. The minimum atomic E-state index is 0.883. The molecule has 0 radical (unpaired) electrons. The van der Waals surface area contributed by atoms with E-state index in [-0.39, 0.29) is 0 Å². The van der Waals surface area contributed by atoms with E-state index >= 15 is 0 Å². The molecule has 1 aliphatic heterocycles. The Balaban J connectivity index is 2.59. The van der Waals surface area contributed by atoms with E-state index in [1.165, 1.54) is 5.56 Å². The van der Waals surface area contributed by atoms with Crippen molar-refractivity contribution in [3.8, 4) is 0 Å². The van der Waals surface area contributed by atoms with E-state index in [2.05, 4.69) is 54.6 Å². The number of allylic oxidation sites excluding steroid dienone is 4. The molecule has 2 nitrogen and oxygen atoms in total. The Bertz CT molecular complexity index is 609. The summed E-state index contributed by atoms with van der Waals surface area (Å²) in [5.74, 6) is 0.883. The van der Waals surface area contributed by atoms with Crippen LogP contribution in [-0.2, 0) is 0 Å². The van der Waals surface area contributed by atoms with Crippen molar-refractivity contribution < 1.29 is 0 Å². The molecule has 1 aliphatic rings. The van der Waals surface area contributed by atoms with E-state index in [1.807, 2.05) is 24.1 Å². The minimum absolute atomic E-state index is 0.883. The van der Waals surface area contributed by atoms with Crippen LogP contribution in [0, 0.1) is 6.92 Å². The molecule has 1 aromatic carbocycles. The smallest absolute Gasteiger partial charge is 0.147 e. The van der Waals surface area contributed by atoms with Crippen molar-refractivity contribution in [2.45, 2.75) is 13.8 Å². The zero-order valence-electron chi connectivity index (χ0n) is 11.4. The molecule has 0 fully saturated rings. The first kappa shape index (κ1) is 13.8. The Hall–Kier alpha value is -1.61. The molecule has 0 aliphatic carbocycles. The minimum Gasteiger partial charge on any atom is -0.332 e. The van der Waals surface area contributed by atoms with Crippen LogP contribution in [0.15, 0.2) is 64.0 Å². The highest BCUT2D eigenvalue weighted by Gasteiger charge is 2.17. The summed E-state index contributed by atoms with van der Waals surface area (Å²) in [5, 5.41) is 0. The SMILES string of the molecule is C=C/C(Br)=C1/N=C(c2ccccc2C)C=C(C)N1C. The lowest BCUT2D eigenvalue weighted by molar-refractivity contribution is 0.509. The van der Waals surface area contributed by atoms with Crippen molar-refractivity contribution in [2.75, 3.05) is 7.05 Å².